The Kier molecular flexibility index (Phi) is 6.18. The fraction of sp³-hybridized carbons (Fsp3) is 0.588. The molecule has 1 aromatic rings. The molecule has 1 aliphatic heterocycles. The summed E-state index contributed by atoms with van der Waals surface area (Å²) in [6.07, 6.45) is 4.90. The van der Waals surface area contributed by atoms with Crippen molar-refractivity contribution in [1.82, 2.24) is 9.62 Å². The van der Waals surface area contributed by atoms with Gasteiger partial charge in [0.1, 0.15) is 0 Å². The standard InChI is InChI=1S/C17H26N2O3S/c1-3-4-5-10-18-17(20)15-9-8-14(2)16(13-15)23(21,22)19-11-6-7-12-19/h8-9,13H,3-7,10-12H2,1-2H3,(H,18,20). The molecule has 128 valence electrons. The van der Waals surface area contributed by atoms with Crippen molar-refractivity contribution in [3.63, 3.8) is 0 Å². The third-order valence-electron chi connectivity index (χ3n) is 4.20. The van der Waals surface area contributed by atoms with Gasteiger partial charge in [-0.05, 0) is 43.9 Å². The zero-order valence-electron chi connectivity index (χ0n) is 14.0. The Bertz CT molecular complexity index is 650. The van der Waals surface area contributed by atoms with Gasteiger partial charge in [0, 0.05) is 25.2 Å². The van der Waals surface area contributed by atoms with Gasteiger partial charge >= 0.3 is 0 Å². The Morgan fingerprint density at radius 3 is 2.57 bits per heavy atom. The van der Waals surface area contributed by atoms with Crippen LogP contribution in [-0.2, 0) is 10.0 Å². The van der Waals surface area contributed by atoms with Crippen LogP contribution in [0.1, 0.15) is 54.9 Å². The first-order valence-electron chi connectivity index (χ1n) is 8.36. The van der Waals surface area contributed by atoms with Gasteiger partial charge in [0.05, 0.1) is 4.90 Å². The molecule has 0 radical (unpaired) electrons. The Morgan fingerprint density at radius 1 is 1.22 bits per heavy atom. The summed E-state index contributed by atoms with van der Waals surface area (Å²) in [7, 11) is -3.50. The highest BCUT2D eigenvalue weighted by molar-refractivity contribution is 7.89. The molecule has 0 saturated carbocycles. The van der Waals surface area contributed by atoms with Crippen LogP contribution in [0.4, 0.5) is 0 Å². The van der Waals surface area contributed by atoms with E-state index in [-0.39, 0.29) is 10.8 Å². The number of sulfonamides is 1. The molecule has 0 aliphatic carbocycles. The fourth-order valence-corrected chi connectivity index (χ4v) is 4.53. The first-order valence-corrected chi connectivity index (χ1v) is 9.80. The van der Waals surface area contributed by atoms with Crippen LogP contribution in [0.2, 0.25) is 0 Å². The molecule has 6 heteroatoms. The zero-order chi connectivity index (χ0) is 16.9. The molecule has 1 fully saturated rings. The van der Waals surface area contributed by atoms with Gasteiger partial charge in [-0.3, -0.25) is 4.79 Å². The number of nitrogens with one attached hydrogen (secondary N) is 1. The van der Waals surface area contributed by atoms with E-state index in [2.05, 4.69) is 12.2 Å². The molecule has 1 aromatic carbocycles. The van der Waals surface area contributed by atoms with Gasteiger partial charge in [-0.2, -0.15) is 4.31 Å². The second kappa shape index (κ2) is 7.93. The Balaban J connectivity index is 2.17. The van der Waals surface area contributed by atoms with E-state index >= 15 is 0 Å². The summed E-state index contributed by atoms with van der Waals surface area (Å²) in [5.41, 5.74) is 1.09. The number of rotatable bonds is 7. The minimum atomic E-state index is -3.50. The van der Waals surface area contributed by atoms with Crippen LogP contribution in [0.15, 0.2) is 23.1 Å². The van der Waals surface area contributed by atoms with Crippen molar-refractivity contribution in [1.29, 1.82) is 0 Å². The quantitative estimate of drug-likeness (QED) is 0.777. The first kappa shape index (κ1) is 17.9. The lowest BCUT2D eigenvalue weighted by Crippen LogP contribution is -2.29. The maximum atomic E-state index is 12.7. The minimum Gasteiger partial charge on any atom is -0.352 e. The first-order chi connectivity index (χ1) is 11.0. The molecule has 0 atom stereocenters. The smallest absolute Gasteiger partial charge is 0.251 e. The molecule has 1 saturated heterocycles. The maximum Gasteiger partial charge on any atom is 0.251 e. The largest absolute Gasteiger partial charge is 0.352 e. The molecular formula is C17H26N2O3S. The van der Waals surface area contributed by atoms with Gasteiger partial charge in [-0.15, -0.1) is 0 Å². The van der Waals surface area contributed by atoms with Gasteiger partial charge in [0.15, 0.2) is 0 Å². The van der Waals surface area contributed by atoms with Crippen LogP contribution >= 0.6 is 0 Å². The average molecular weight is 338 g/mol. The summed E-state index contributed by atoms with van der Waals surface area (Å²) < 4.78 is 27.0. The molecule has 0 aromatic heterocycles. The van der Waals surface area contributed by atoms with Gasteiger partial charge < -0.3 is 5.32 Å². The van der Waals surface area contributed by atoms with Crippen molar-refractivity contribution >= 4 is 15.9 Å². The number of nitrogens with zero attached hydrogens (tertiary/aromatic N) is 1. The number of unbranched alkanes of at least 4 members (excludes halogenated alkanes) is 2. The minimum absolute atomic E-state index is 0.209. The molecule has 1 aliphatic rings. The second-order valence-electron chi connectivity index (χ2n) is 6.05. The average Bonchev–Trinajstić information content (AvgIpc) is 3.07. The number of carbonyl (C=O) groups is 1. The van der Waals surface area contributed by atoms with Crippen molar-refractivity contribution in [3.05, 3.63) is 29.3 Å². The van der Waals surface area contributed by atoms with Gasteiger partial charge in [-0.25, -0.2) is 8.42 Å². The SMILES string of the molecule is CCCCCNC(=O)c1ccc(C)c(S(=O)(=O)N2CCCC2)c1. The van der Waals surface area contributed by atoms with Crippen molar-refractivity contribution in [2.24, 2.45) is 0 Å². The highest BCUT2D eigenvalue weighted by Gasteiger charge is 2.29. The third-order valence-corrected chi connectivity index (χ3v) is 6.24. The summed E-state index contributed by atoms with van der Waals surface area (Å²) in [4.78, 5) is 12.5. The highest BCUT2D eigenvalue weighted by Crippen LogP contribution is 2.24. The second-order valence-corrected chi connectivity index (χ2v) is 7.96. The Morgan fingerprint density at radius 2 is 1.91 bits per heavy atom. The third kappa shape index (κ3) is 4.32. The van der Waals surface area contributed by atoms with Crippen molar-refractivity contribution in [2.45, 2.75) is 50.8 Å². The molecule has 1 heterocycles. The lowest BCUT2D eigenvalue weighted by atomic mass is 10.1. The van der Waals surface area contributed by atoms with E-state index in [1.165, 1.54) is 10.4 Å². The lowest BCUT2D eigenvalue weighted by molar-refractivity contribution is 0.0952. The van der Waals surface area contributed by atoms with Gasteiger partial charge in [0.25, 0.3) is 5.91 Å². The summed E-state index contributed by atoms with van der Waals surface area (Å²) in [6, 6.07) is 4.91. The molecule has 23 heavy (non-hydrogen) atoms. The van der Waals surface area contributed by atoms with E-state index in [4.69, 9.17) is 0 Å². The molecule has 0 unspecified atom stereocenters. The molecule has 0 spiro atoms. The predicted octanol–water partition coefficient (Wildman–Crippen LogP) is 2.70. The van der Waals surface area contributed by atoms with E-state index in [0.717, 1.165) is 32.1 Å². The van der Waals surface area contributed by atoms with E-state index in [1.54, 1.807) is 19.1 Å². The Hall–Kier alpha value is -1.40. The molecule has 1 amide bonds. The lowest BCUT2D eigenvalue weighted by Gasteiger charge is -2.17. The van der Waals surface area contributed by atoms with Crippen LogP contribution in [0.5, 0.6) is 0 Å². The van der Waals surface area contributed by atoms with E-state index in [1.807, 2.05) is 0 Å². The molecule has 2 rings (SSSR count). The monoisotopic (exact) mass is 338 g/mol. The predicted molar refractivity (Wildman–Crippen MR) is 91.0 cm³/mol. The number of amides is 1. The normalized spacial score (nSPS) is 15.7. The zero-order valence-corrected chi connectivity index (χ0v) is 14.8. The molecule has 0 bridgehead atoms. The molecule has 1 N–H and O–H groups in total. The topological polar surface area (TPSA) is 66.5 Å². The van der Waals surface area contributed by atoms with E-state index in [9.17, 15) is 13.2 Å². The summed E-state index contributed by atoms with van der Waals surface area (Å²) >= 11 is 0. The molecular weight excluding hydrogens is 312 g/mol. The van der Waals surface area contributed by atoms with Crippen molar-refractivity contribution in [2.75, 3.05) is 19.6 Å². The van der Waals surface area contributed by atoms with E-state index in [0.29, 0.717) is 30.8 Å². The van der Waals surface area contributed by atoms with Gasteiger partial charge in [-0.1, -0.05) is 25.8 Å². The summed E-state index contributed by atoms with van der Waals surface area (Å²) in [5, 5.41) is 2.85. The van der Waals surface area contributed by atoms with Crippen LogP contribution in [0.25, 0.3) is 0 Å². The van der Waals surface area contributed by atoms with Crippen LogP contribution in [-0.4, -0.2) is 38.3 Å². The Labute approximate surface area is 139 Å². The number of hydrogen-bond donors (Lipinski definition) is 1. The van der Waals surface area contributed by atoms with Crippen molar-refractivity contribution in [3.8, 4) is 0 Å². The highest BCUT2D eigenvalue weighted by atomic mass is 32.2. The van der Waals surface area contributed by atoms with Gasteiger partial charge in [0.2, 0.25) is 10.0 Å². The van der Waals surface area contributed by atoms with Crippen LogP contribution < -0.4 is 5.32 Å². The maximum absolute atomic E-state index is 12.7. The van der Waals surface area contributed by atoms with Crippen LogP contribution in [0.3, 0.4) is 0 Å². The van der Waals surface area contributed by atoms with Crippen LogP contribution in [0, 0.1) is 6.92 Å². The van der Waals surface area contributed by atoms with Crippen molar-refractivity contribution < 1.29 is 13.2 Å². The number of carbonyl (C=O) groups excluding carboxylic acids is 1. The summed E-state index contributed by atoms with van der Waals surface area (Å²) in [6.45, 7) is 5.63. The number of benzene rings is 1. The number of hydrogen-bond acceptors (Lipinski definition) is 3. The van der Waals surface area contributed by atoms with E-state index < -0.39 is 10.0 Å². The number of aryl methyl sites for hydroxylation is 1. The fourth-order valence-electron chi connectivity index (χ4n) is 2.77. The summed E-state index contributed by atoms with van der Waals surface area (Å²) in [5.74, 6) is -0.209. The molecule has 5 nitrogen and oxygen atoms in total.